The number of Topliss-reactive ketones (excluding diaryl/α,β-unsaturated/α-hetero) is 1. The normalized spacial score (nSPS) is 21.3. The monoisotopic (exact) mass is 583 g/mol. The fraction of sp³-hybridized carbons (Fsp3) is 0.200. The van der Waals surface area contributed by atoms with Crippen LogP contribution in [0, 0.1) is 0 Å². The Hall–Kier alpha value is -3.51. The van der Waals surface area contributed by atoms with E-state index in [9.17, 15) is 24.3 Å². The van der Waals surface area contributed by atoms with Gasteiger partial charge in [-0.25, -0.2) is 23.5 Å². The molecule has 10 heteroatoms. The molecule has 2 aromatic heterocycles. The van der Waals surface area contributed by atoms with Crippen molar-refractivity contribution in [3.8, 4) is 5.69 Å². The van der Waals surface area contributed by atoms with E-state index in [4.69, 9.17) is 4.42 Å². The van der Waals surface area contributed by atoms with E-state index in [1.54, 1.807) is 42.5 Å². The van der Waals surface area contributed by atoms with Gasteiger partial charge < -0.3 is 9.52 Å². The summed E-state index contributed by atoms with van der Waals surface area (Å²) >= 11 is 1.86. The summed E-state index contributed by atoms with van der Waals surface area (Å²) in [5, 5.41) is 9.52. The summed E-state index contributed by atoms with van der Waals surface area (Å²) in [4.78, 5) is 53.1. The van der Waals surface area contributed by atoms with Gasteiger partial charge in [0.25, 0.3) is 0 Å². The van der Waals surface area contributed by atoms with Crippen molar-refractivity contribution in [2.24, 2.45) is 0 Å². The number of benzene rings is 1. The lowest BCUT2D eigenvalue weighted by atomic mass is 9.70. The lowest BCUT2D eigenvalue weighted by Crippen LogP contribution is -2.40. The molecule has 9 nitrogen and oxygen atoms in total. The Balaban J connectivity index is 1.58. The first-order chi connectivity index (χ1) is 16.9. The molecule has 0 amide bonds. The maximum Gasteiger partial charge on any atom is 0.352 e. The number of hydrogen-bond donors (Lipinski definition) is 1. The SMILES string of the molecule is O=C1C=C(I)C(=O)C2=C1C[C@@H]1C(=CCn3c(=O)n(-c4ccccc4)c(=O)n31)[C@@H]2c1ccc(CO)o1. The lowest BCUT2D eigenvalue weighted by molar-refractivity contribution is -0.115. The molecule has 35 heavy (non-hydrogen) atoms. The van der Waals surface area contributed by atoms with Crippen molar-refractivity contribution in [2.75, 3.05) is 0 Å². The van der Waals surface area contributed by atoms with Crippen LogP contribution < -0.4 is 11.4 Å². The molecule has 2 aliphatic carbocycles. The molecule has 0 radical (unpaired) electrons. The highest BCUT2D eigenvalue weighted by Gasteiger charge is 2.46. The summed E-state index contributed by atoms with van der Waals surface area (Å²) in [6, 6.07) is 11.3. The van der Waals surface area contributed by atoms with Gasteiger partial charge in [-0.05, 0) is 52.4 Å². The molecule has 0 saturated heterocycles. The van der Waals surface area contributed by atoms with Gasteiger partial charge in [-0.2, -0.15) is 0 Å². The maximum atomic E-state index is 13.6. The highest BCUT2D eigenvalue weighted by Crippen LogP contribution is 2.50. The number of nitrogens with zero attached hydrogens (tertiary/aromatic N) is 3. The average molecular weight is 583 g/mol. The summed E-state index contributed by atoms with van der Waals surface area (Å²) in [6.07, 6.45) is 3.25. The molecule has 0 fully saturated rings. The van der Waals surface area contributed by atoms with Gasteiger partial charge in [0.2, 0.25) is 0 Å². The van der Waals surface area contributed by atoms with Gasteiger partial charge in [-0.3, -0.25) is 9.59 Å². The summed E-state index contributed by atoms with van der Waals surface area (Å²) in [5.74, 6) is -0.545. The van der Waals surface area contributed by atoms with Gasteiger partial charge in [0.05, 0.1) is 27.8 Å². The predicted molar refractivity (Wildman–Crippen MR) is 133 cm³/mol. The van der Waals surface area contributed by atoms with Gasteiger partial charge in [-0.1, -0.05) is 24.3 Å². The average Bonchev–Trinajstić information content (AvgIpc) is 3.44. The minimum Gasteiger partial charge on any atom is -0.463 e. The van der Waals surface area contributed by atoms with Crippen LogP contribution in [-0.2, 0) is 22.7 Å². The molecule has 3 aliphatic rings. The first kappa shape index (κ1) is 22.0. The van der Waals surface area contributed by atoms with Crippen molar-refractivity contribution in [3.63, 3.8) is 0 Å². The number of aliphatic hydroxyl groups excluding tert-OH is 1. The molecule has 1 aromatic carbocycles. The van der Waals surface area contributed by atoms with Crippen molar-refractivity contribution in [3.05, 3.63) is 107 Å². The molecule has 0 bridgehead atoms. The van der Waals surface area contributed by atoms with Crippen molar-refractivity contribution in [2.45, 2.75) is 31.5 Å². The van der Waals surface area contributed by atoms with Crippen LogP contribution in [-0.4, -0.2) is 30.6 Å². The fourth-order valence-corrected chi connectivity index (χ4v) is 5.80. The zero-order valence-electron chi connectivity index (χ0n) is 18.2. The summed E-state index contributed by atoms with van der Waals surface area (Å²) in [7, 11) is 0. The number of para-hydroxylation sites is 1. The van der Waals surface area contributed by atoms with Crippen LogP contribution in [0.1, 0.15) is 29.9 Å². The first-order valence-electron chi connectivity index (χ1n) is 11.0. The summed E-state index contributed by atoms with van der Waals surface area (Å²) < 4.78 is 10.0. The molecule has 1 N–H and O–H groups in total. The molecule has 1 aliphatic heterocycles. The molecule has 3 aromatic rings. The third kappa shape index (κ3) is 3.16. The van der Waals surface area contributed by atoms with Crippen LogP contribution in [0.2, 0.25) is 0 Å². The second-order valence-electron chi connectivity index (χ2n) is 8.56. The largest absolute Gasteiger partial charge is 0.463 e. The van der Waals surface area contributed by atoms with Crippen LogP contribution >= 0.6 is 22.6 Å². The number of aliphatic hydroxyl groups is 1. The number of furan rings is 1. The second kappa shape index (κ2) is 8.02. The Kier molecular flexibility index (Phi) is 5.04. The van der Waals surface area contributed by atoms with Crippen LogP contribution in [0.25, 0.3) is 5.69 Å². The van der Waals surface area contributed by atoms with Crippen molar-refractivity contribution in [1.29, 1.82) is 0 Å². The lowest BCUT2D eigenvalue weighted by Gasteiger charge is -2.38. The molecule has 0 unspecified atom stereocenters. The third-order valence-electron chi connectivity index (χ3n) is 6.74. The summed E-state index contributed by atoms with van der Waals surface area (Å²) in [5.41, 5.74) is 0.802. The van der Waals surface area contributed by atoms with Gasteiger partial charge in [0.15, 0.2) is 11.6 Å². The number of carbonyl (C=O) groups is 2. The van der Waals surface area contributed by atoms with E-state index < -0.39 is 23.3 Å². The Bertz CT molecular complexity index is 1630. The zero-order valence-corrected chi connectivity index (χ0v) is 20.3. The van der Waals surface area contributed by atoms with Crippen molar-refractivity contribution >= 4 is 34.2 Å². The van der Waals surface area contributed by atoms with Crippen LogP contribution in [0.5, 0.6) is 0 Å². The molecule has 176 valence electrons. The summed E-state index contributed by atoms with van der Waals surface area (Å²) in [6.45, 7) is -0.189. The van der Waals surface area contributed by atoms with Gasteiger partial charge in [-0.15, -0.1) is 0 Å². The smallest absolute Gasteiger partial charge is 0.352 e. The molecule has 0 spiro atoms. The molecular formula is C25H18IN3O6. The molecule has 0 saturated carbocycles. The number of aromatic nitrogens is 3. The first-order valence-corrected chi connectivity index (χ1v) is 12.1. The fourth-order valence-electron chi connectivity index (χ4n) is 5.23. The van der Waals surface area contributed by atoms with Crippen molar-refractivity contribution in [1.82, 2.24) is 13.9 Å². The molecule has 3 heterocycles. The number of rotatable bonds is 3. The van der Waals surface area contributed by atoms with Crippen LogP contribution in [0.4, 0.5) is 0 Å². The van der Waals surface area contributed by atoms with E-state index in [-0.39, 0.29) is 31.1 Å². The molecular weight excluding hydrogens is 565 g/mol. The Morgan fingerprint density at radius 2 is 1.80 bits per heavy atom. The van der Waals surface area contributed by atoms with Gasteiger partial charge in [0.1, 0.15) is 18.1 Å². The number of halogens is 1. The number of allylic oxidation sites excluding steroid dienone is 6. The Morgan fingerprint density at radius 3 is 2.51 bits per heavy atom. The quantitative estimate of drug-likeness (QED) is 0.288. The van der Waals surface area contributed by atoms with Gasteiger partial charge in [0, 0.05) is 23.6 Å². The minimum atomic E-state index is -0.713. The van der Waals surface area contributed by atoms with E-state index in [1.807, 2.05) is 28.7 Å². The standard InChI is InChI=1S/C25H18IN3O6/c26-17-11-19(31)16-10-18-15(21(22(16)23(17)32)20-7-6-14(12-30)35-20)8-9-27-24(33)28(25(34)29(18)27)13-4-2-1-3-5-13/h1-8,11,18,21,30H,9-10,12H2/t18-,21-/m1/s1. The number of fused-ring (bicyclic) bond motifs is 3. The predicted octanol–water partition coefficient (Wildman–Crippen LogP) is 2.32. The Labute approximate surface area is 211 Å². The number of hydrogen-bond acceptors (Lipinski definition) is 6. The van der Waals surface area contributed by atoms with E-state index in [2.05, 4.69) is 0 Å². The van der Waals surface area contributed by atoms with Crippen LogP contribution in [0.15, 0.2) is 88.9 Å². The molecule has 6 rings (SSSR count). The van der Waals surface area contributed by atoms with E-state index >= 15 is 0 Å². The van der Waals surface area contributed by atoms with E-state index in [0.29, 0.717) is 37.5 Å². The highest BCUT2D eigenvalue weighted by atomic mass is 127. The molecule has 2 atom stereocenters. The third-order valence-corrected chi connectivity index (χ3v) is 7.54. The number of carbonyl (C=O) groups excluding carboxylic acids is 2. The zero-order chi connectivity index (χ0) is 24.4. The second-order valence-corrected chi connectivity index (χ2v) is 9.72. The van der Waals surface area contributed by atoms with E-state index in [0.717, 1.165) is 4.57 Å². The number of ketones is 2. The van der Waals surface area contributed by atoms with Gasteiger partial charge >= 0.3 is 11.4 Å². The minimum absolute atomic E-state index is 0.106. The topological polar surface area (TPSA) is 116 Å². The van der Waals surface area contributed by atoms with Crippen molar-refractivity contribution < 1.29 is 19.1 Å². The van der Waals surface area contributed by atoms with Crippen LogP contribution in [0.3, 0.4) is 0 Å². The Morgan fingerprint density at radius 1 is 1.03 bits per heavy atom. The maximum absolute atomic E-state index is 13.6. The van der Waals surface area contributed by atoms with E-state index in [1.165, 1.54) is 15.4 Å². The highest BCUT2D eigenvalue weighted by molar-refractivity contribution is 14.1.